The molecule has 0 unspecified atom stereocenters. The van der Waals surface area contributed by atoms with E-state index in [4.69, 9.17) is 29.7 Å². The molecule has 0 fully saturated rings. The quantitative estimate of drug-likeness (QED) is 0.614. The van der Waals surface area contributed by atoms with Gasteiger partial charge in [-0.2, -0.15) is 0 Å². The summed E-state index contributed by atoms with van der Waals surface area (Å²) in [6.07, 6.45) is 0. The second-order valence-electron chi connectivity index (χ2n) is 1.56. The van der Waals surface area contributed by atoms with E-state index in [1.165, 1.54) is 0 Å². The summed E-state index contributed by atoms with van der Waals surface area (Å²) in [6.45, 7) is 3.25. The van der Waals surface area contributed by atoms with Crippen LogP contribution in [-0.4, -0.2) is 33.2 Å². The lowest BCUT2D eigenvalue weighted by molar-refractivity contribution is -0.135. The van der Waals surface area contributed by atoms with Crippen molar-refractivity contribution in [3.05, 3.63) is 0 Å². The van der Waals surface area contributed by atoms with Crippen LogP contribution in [0.5, 0.6) is 0 Å². The summed E-state index contributed by atoms with van der Waals surface area (Å²) in [4.78, 5) is 27.0. The van der Waals surface area contributed by atoms with Gasteiger partial charge in [-0.25, -0.2) is 0 Å². The van der Waals surface area contributed by atoms with E-state index in [0.717, 1.165) is 20.8 Å². The number of carbonyl (C=O) groups is 3. The molecule has 0 aromatic carbocycles. The Bertz CT molecular complexity index is 114. The van der Waals surface area contributed by atoms with Gasteiger partial charge in [0.1, 0.15) is 0 Å². The van der Waals surface area contributed by atoms with E-state index in [9.17, 15) is 0 Å². The Kier molecular flexibility index (Phi) is 230. The van der Waals surface area contributed by atoms with Crippen LogP contribution < -0.4 is 0 Å². The van der Waals surface area contributed by atoms with E-state index in [0.29, 0.717) is 0 Å². The minimum atomic E-state index is -0.833. The van der Waals surface area contributed by atoms with E-state index >= 15 is 0 Å². The Hall–Kier alpha value is -1.59. The summed E-state index contributed by atoms with van der Waals surface area (Å²) in [6, 6.07) is 0. The zero-order chi connectivity index (χ0) is 10.7. The third kappa shape index (κ3) is 1030. The lowest BCUT2D eigenvalue weighted by Gasteiger charge is -1.59. The number of carboxylic acids is 3. The van der Waals surface area contributed by atoms with Crippen molar-refractivity contribution in [2.75, 3.05) is 0 Å². The van der Waals surface area contributed by atoms with E-state index in [1.807, 2.05) is 0 Å². The van der Waals surface area contributed by atoms with Gasteiger partial charge in [-0.05, 0) is 0 Å². The highest BCUT2D eigenvalue weighted by Gasteiger charge is 1.66. The first-order valence-electron chi connectivity index (χ1n) is 2.78. The Morgan fingerprint density at radius 3 is 0.500 bits per heavy atom. The maximum atomic E-state index is 9.00. The van der Waals surface area contributed by atoms with Crippen LogP contribution in [0.25, 0.3) is 0 Å². The van der Waals surface area contributed by atoms with Gasteiger partial charge < -0.3 is 15.3 Å². The highest BCUT2D eigenvalue weighted by atomic mass is 16.4. The summed E-state index contributed by atoms with van der Waals surface area (Å²) in [5.41, 5.74) is 0. The Balaban J connectivity index is -0.00000000827. The molecular weight excluding hydrogens is 240 g/mol. The minimum absolute atomic E-state index is 0. The molecule has 0 radical (unpaired) electrons. The smallest absolute Gasteiger partial charge is 0.300 e. The average molecular weight is 276 g/mol. The van der Waals surface area contributed by atoms with Crippen LogP contribution in [-0.2, 0) is 14.4 Å². The van der Waals surface area contributed by atoms with Gasteiger partial charge in [-0.15, -0.1) is 0 Å². The van der Waals surface area contributed by atoms with Gasteiger partial charge in [0.05, 0.1) is 0 Å². The van der Waals surface area contributed by atoms with Gasteiger partial charge in [0.15, 0.2) is 0 Å². The first-order chi connectivity index (χ1) is 5.20. The van der Waals surface area contributed by atoms with Gasteiger partial charge >= 0.3 is 0 Å². The summed E-state index contributed by atoms with van der Waals surface area (Å²) in [7, 11) is 0. The van der Waals surface area contributed by atoms with Crippen molar-refractivity contribution in [2.24, 2.45) is 0 Å². The number of hydrogen-bond acceptors (Lipinski definition) is 3. The predicted octanol–water partition coefficient (Wildman–Crippen LogP) is 4.09. The predicted molar refractivity (Wildman–Crippen MR) is 80.3 cm³/mol. The number of hydrogen-bond donors (Lipinski definition) is 3. The van der Waals surface area contributed by atoms with Crippen molar-refractivity contribution in [3.8, 4) is 0 Å². The fraction of sp³-hybridized carbons (Fsp3) is 0.750. The van der Waals surface area contributed by atoms with Crippen molar-refractivity contribution >= 4 is 17.9 Å². The Labute approximate surface area is 114 Å². The normalized spacial score (nSPS) is 4.17. The van der Waals surface area contributed by atoms with Gasteiger partial charge in [0, 0.05) is 20.8 Å². The summed E-state index contributed by atoms with van der Waals surface area (Å²) >= 11 is 0. The van der Waals surface area contributed by atoms with Gasteiger partial charge in [-0.1, -0.05) is 44.6 Å². The topological polar surface area (TPSA) is 112 Å². The lowest BCUT2D eigenvalue weighted by atomic mass is 10.9. The molecule has 0 aliphatic rings. The molecule has 0 atom stereocenters. The van der Waals surface area contributed by atoms with E-state index in [-0.39, 0.29) is 44.6 Å². The third-order valence-corrected chi connectivity index (χ3v) is 0. The van der Waals surface area contributed by atoms with E-state index in [2.05, 4.69) is 0 Å². The summed E-state index contributed by atoms with van der Waals surface area (Å²) < 4.78 is 0. The molecule has 0 bridgehead atoms. The number of rotatable bonds is 0. The molecule has 120 valence electrons. The SMILES string of the molecule is C.C.C.C.C.C.CC(=O)O.CC(=O)O.CC(=O)O. The number of carboxylic acid groups (broad SMARTS) is 3. The van der Waals surface area contributed by atoms with Crippen molar-refractivity contribution in [1.29, 1.82) is 0 Å². The number of aliphatic carboxylic acids is 3. The Morgan fingerprint density at radius 1 is 0.500 bits per heavy atom. The van der Waals surface area contributed by atoms with Crippen LogP contribution in [0.4, 0.5) is 0 Å². The van der Waals surface area contributed by atoms with Crippen molar-refractivity contribution in [1.82, 2.24) is 0 Å². The summed E-state index contributed by atoms with van der Waals surface area (Å²) in [5, 5.41) is 22.2. The highest BCUT2D eigenvalue weighted by molar-refractivity contribution is 5.63. The van der Waals surface area contributed by atoms with Crippen LogP contribution in [0.2, 0.25) is 0 Å². The fourth-order valence-corrected chi connectivity index (χ4v) is 0. The first kappa shape index (κ1) is 71.0. The third-order valence-electron chi connectivity index (χ3n) is 0. The monoisotopic (exact) mass is 276 g/mol. The molecule has 0 aliphatic carbocycles. The zero-order valence-corrected chi connectivity index (χ0v) is 7.07. The molecular formula is C12H36O6. The van der Waals surface area contributed by atoms with Crippen molar-refractivity contribution in [3.63, 3.8) is 0 Å². The Morgan fingerprint density at radius 2 is 0.500 bits per heavy atom. The molecule has 0 aliphatic heterocycles. The molecule has 0 aromatic heterocycles. The van der Waals surface area contributed by atoms with Crippen LogP contribution in [0, 0.1) is 0 Å². The molecule has 6 nitrogen and oxygen atoms in total. The van der Waals surface area contributed by atoms with Crippen LogP contribution in [0.3, 0.4) is 0 Å². The summed E-state index contributed by atoms with van der Waals surface area (Å²) in [5.74, 6) is -2.50. The molecule has 0 saturated heterocycles. The lowest BCUT2D eigenvalue weighted by Crippen LogP contribution is -1.78. The fourth-order valence-electron chi connectivity index (χ4n) is 0. The zero-order valence-electron chi connectivity index (χ0n) is 7.07. The molecule has 0 saturated carbocycles. The maximum Gasteiger partial charge on any atom is 0.300 e. The second kappa shape index (κ2) is 58.3. The molecule has 0 amide bonds. The van der Waals surface area contributed by atoms with E-state index < -0.39 is 17.9 Å². The van der Waals surface area contributed by atoms with Gasteiger partial charge in [0.25, 0.3) is 17.9 Å². The van der Waals surface area contributed by atoms with Gasteiger partial charge in [0.2, 0.25) is 0 Å². The molecule has 3 N–H and O–H groups in total. The molecule has 0 spiro atoms. The average Bonchev–Trinajstić information content (AvgIpc) is 1.54. The molecule has 0 heterocycles. The molecule has 18 heavy (non-hydrogen) atoms. The van der Waals surface area contributed by atoms with Gasteiger partial charge in [-0.3, -0.25) is 14.4 Å². The molecule has 0 rings (SSSR count). The largest absolute Gasteiger partial charge is 0.481 e. The molecule has 6 heteroatoms. The van der Waals surface area contributed by atoms with E-state index in [1.54, 1.807) is 0 Å². The maximum absolute atomic E-state index is 9.00. The molecule has 0 aromatic rings. The second-order valence-corrected chi connectivity index (χ2v) is 1.56. The van der Waals surface area contributed by atoms with Crippen LogP contribution in [0.1, 0.15) is 65.3 Å². The first-order valence-corrected chi connectivity index (χ1v) is 2.78. The van der Waals surface area contributed by atoms with Crippen molar-refractivity contribution in [2.45, 2.75) is 65.3 Å². The van der Waals surface area contributed by atoms with Crippen LogP contribution in [0.15, 0.2) is 0 Å². The van der Waals surface area contributed by atoms with Crippen LogP contribution >= 0.6 is 0 Å². The standard InChI is InChI=1S/3C2H4O2.6CH4/c3*1-2(3)4;;;;;;/h3*1H3,(H,3,4);6*1H4. The minimum Gasteiger partial charge on any atom is -0.481 e. The van der Waals surface area contributed by atoms with Crippen molar-refractivity contribution < 1.29 is 29.7 Å². The highest BCUT2D eigenvalue weighted by Crippen LogP contribution is 1.42.